The van der Waals surface area contributed by atoms with Crippen molar-refractivity contribution in [1.82, 2.24) is 0 Å². The van der Waals surface area contributed by atoms with Crippen LogP contribution in [0.4, 0.5) is 0 Å². The molecule has 4 heteroatoms. The predicted molar refractivity (Wildman–Crippen MR) is 90.6 cm³/mol. The Bertz CT molecular complexity index is 292. The third kappa shape index (κ3) is 6.92. The third-order valence-corrected chi connectivity index (χ3v) is 5.02. The quantitative estimate of drug-likeness (QED) is 0.554. The zero-order chi connectivity index (χ0) is 17.2. The number of carbonyl (C=O) groups is 2. The minimum absolute atomic E-state index is 0.265. The Labute approximate surface area is 141 Å². The van der Waals surface area contributed by atoms with E-state index in [1.807, 2.05) is 13.8 Å². The highest BCUT2D eigenvalue weighted by Gasteiger charge is 2.41. The van der Waals surface area contributed by atoms with Crippen LogP contribution in [0, 0.1) is 23.7 Å². The van der Waals surface area contributed by atoms with Crippen molar-refractivity contribution in [2.75, 3.05) is 6.79 Å². The van der Waals surface area contributed by atoms with Crippen molar-refractivity contribution in [3.63, 3.8) is 0 Å². The molecule has 4 fully saturated rings. The summed E-state index contributed by atoms with van der Waals surface area (Å²) in [6.07, 6.45) is 10.2. The van der Waals surface area contributed by atoms with Crippen molar-refractivity contribution in [1.29, 1.82) is 0 Å². The largest absolute Gasteiger partial charge is 0.428 e. The maximum Gasteiger partial charge on any atom is 0.308 e. The molecule has 0 N–H and O–H groups in total. The monoisotopic (exact) mass is 326 g/mol. The summed E-state index contributed by atoms with van der Waals surface area (Å²) in [7, 11) is 0. The van der Waals surface area contributed by atoms with E-state index in [0.29, 0.717) is 12.8 Å². The van der Waals surface area contributed by atoms with Crippen LogP contribution < -0.4 is 0 Å². The molecule has 0 aromatic heterocycles. The van der Waals surface area contributed by atoms with E-state index in [1.165, 1.54) is 23.7 Å². The summed E-state index contributed by atoms with van der Waals surface area (Å²) in [6.45, 7) is 7.08. The first-order valence-corrected chi connectivity index (χ1v) is 9.41. The molecule has 0 amide bonds. The first-order valence-electron chi connectivity index (χ1n) is 9.41. The number of rotatable bonds is 4. The molecule has 4 rings (SSSR count). The Kier molecular flexibility index (Phi) is 9.27. The van der Waals surface area contributed by atoms with Crippen LogP contribution in [0.15, 0.2) is 0 Å². The molecule has 134 valence electrons. The zero-order valence-electron chi connectivity index (χ0n) is 15.3. The van der Waals surface area contributed by atoms with E-state index >= 15 is 0 Å². The smallest absolute Gasteiger partial charge is 0.308 e. The number of carbonyl (C=O) groups excluding carboxylic acids is 2. The number of ether oxygens (including phenoxy) is 2. The molecule has 0 unspecified atom stereocenters. The van der Waals surface area contributed by atoms with E-state index in [2.05, 4.69) is 9.47 Å². The lowest BCUT2D eigenvalue weighted by Crippen LogP contribution is -2.38. The molecular weight excluding hydrogens is 292 g/mol. The van der Waals surface area contributed by atoms with Gasteiger partial charge in [-0.3, -0.25) is 9.59 Å². The van der Waals surface area contributed by atoms with Gasteiger partial charge in [0.15, 0.2) is 0 Å². The SMILES string of the molecule is C1C2CC3CC1CC(C2)C3.CC.CCC(=O)OCOC(=O)CC. The molecule has 0 aromatic carbocycles. The summed E-state index contributed by atoms with van der Waals surface area (Å²) in [6, 6.07) is 0. The van der Waals surface area contributed by atoms with Gasteiger partial charge in [-0.25, -0.2) is 0 Å². The van der Waals surface area contributed by atoms with Gasteiger partial charge in [0.05, 0.1) is 0 Å². The highest BCUT2D eigenvalue weighted by Crippen LogP contribution is 2.53. The molecule has 4 nitrogen and oxygen atoms in total. The minimum Gasteiger partial charge on any atom is -0.428 e. The Balaban J connectivity index is 0.000000207. The Morgan fingerprint density at radius 3 is 1.17 bits per heavy atom. The average Bonchev–Trinajstić information content (AvgIpc) is 2.55. The molecule has 0 aliphatic heterocycles. The fourth-order valence-corrected chi connectivity index (χ4v) is 4.35. The van der Waals surface area contributed by atoms with Crippen molar-refractivity contribution < 1.29 is 19.1 Å². The number of hydrogen-bond donors (Lipinski definition) is 0. The molecule has 4 aliphatic rings. The third-order valence-electron chi connectivity index (χ3n) is 5.02. The van der Waals surface area contributed by atoms with E-state index in [1.54, 1.807) is 52.4 Å². The van der Waals surface area contributed by atoms with Gasteiger partial charge in [0.25, 0.3) is 0 Å². The standard InChI is InChI=1S/C10H16.C7H12O4.C2H6/c1-7-2-9-4-8(1)5-10(3-7)6-9;1-3-6(8)10-5-11-7(9)4-2;1-2/h7-10H,1-6H2;3-5H2,1-2H3;1-2H3. The molecule has 4 bridgehead atoms. The first-order chi connectivity index (χ1) is 11.1. The van der Waals surface area contributed by atoms with Crippen LogP contribution >= 0.6 is 0 Å². The van der Waals surface area contributed by atoms with Gasteiger partial charge in [0, 0.05) is 12.8 Å². The van der Waals surface area contributed by atoms with Crippen molar-refractivity contribution in [3.05, 3.63) is 0 Å². The summed E-state index contributed by atoms with van der Waals surface area (Å²) in [4.78, 5) is 20.9. The topological polar surface area (TPSA) is 52.6 Å². The molecule has 23 heavy (non-hydrogen) atoms. The van der Waals surface area contributed by atoms with Gasteiger partial charge in [-0.15, -0.1) is 0 Å². The van der Waals surface area contributed by atoms with Crippen molar-refractivity contribution in [2.24, 2.45) is 23.7 Å². The van der Waals surface area contributed by atoms with E-state index in [4.69, 9.17) is 0 Å². The van der Waals surface area contributed by atoms with Crippen molar-refractivity contribution >= 4 is 11.9 Å². The molecule has 0 aromatic rings. The summed E-state index contributed by atoms with van der Waals surface area (Å²) in [5, 5.41) is 0. The highest BCUT2D eigenvalue weighted by molar-refractivity contribution is 5.70. The lowest BCUT2D eigenvalue weighted by Gasteiger charge is -2.49. The normalized spacial score (nSPS) is 29.6. The maximum atomic E-state index is 10.5. The summed E-state index contributed by atoms with van der Waals surface area (Å²) < 4.78 is 8.96. The van der Waals surface area contributed by atoms with Gasteiger partial charge >= 0.3 is 11.9 Å². The Morgan fingerprint density at radius 1 is 0.696 bits per heavy atom. The van der Waals surface area contributed by atoms with Crippen molar-refractivity contribution in [3.8, 4) is 0 Å². The molecule has 0 heterocycles. The zero-order valence-corrected chi connectivity index (χ0v) is 15.3. The Hall–Kier alpha value is -1.06. The van der Waals surface area contributed by atoms with Gasteiger partial charge in [0.2, 0.25) is 6.79 Å². The second-order valence-electron chi connectivity index (χ2n) is 6.74. The predicted octanol–water partition coefficient (Wildman–Crippen LogP) is 4.71. The van der Waals surface area contributed by atoms with Crippen LogP contribution in [0.2, 0.25) is 0 Å². The van der Waals surface area contributed by atoms with Gasteiger partial charge in [-0.1, -0.05) is 27.7 Å². The van der Waals surface area contributed by atoms with Gasteiger partial charge < -0.3 is 9.47 Å². The maximum absolute atomic E-state index is 10.5. The van der Waals surface area contributed by atoms with Crippen LogP contribution in [0.3, 0.4) is 0 Å². The second kappa shape index (κ2) is 10.7. The molecule has 0 saturated heterocycles. The molecule has 0 spiro atoms. The first kappa shape index (κ1) is 20.0. The highest BCUT2D eigenvalue weighted by atomic mass is 16.7. The number of esters is 2. The van der Waals surface area contributed by atoms with Crippen LogP contribution in [-0.2, 0) is 19.1 Å². The van der Waals surface area contributed by atoms with E-state index in [9.17, 15) is 9.59 Å². The lowest BCUT2D eigenvalue weighted by atomic mass is 9.56. The fraction of sp³-hybridized carbons (Fsp3) is 0.895. The molecular formula is C19H34O4. The van der Waals surface area contributed by atoms with Gasteiger partial charge in [0.1, 0.15) is 0 Å². The molecule has 4 saturated carbocycles. The van der Waals surface area contributed by atoms with E-state index < -0.39 is 0 Å². The second-order valence-corrected chi connectivity index (χ2v) is 6.74. The summed E-state index contributed by atoms with van der Waals surface area (Å²) in [5.74, 6) is 3.97. The molecule has 0 radical (unpaired) electrons. The van der Waals surface area contributed by atoms with Crippen LogP contribution in [-0.4, -0.2) is 18.7 Å². The van der Waals surface area contributed by atoms with Gasteiger partial charge in [-0.2, -0.15) is 0 Å². The molecule has 4 aliphatic carbocycles. The minimum atomic E-state index is -0.367. The summed E-state index contributed by atoms with van der Waals surface area (Å²) in [5.41, 5.74) is 0. The van der Waals surface area contributed by atoms with E-state index in [0.717, 1.165) is 0 Å². The van der Waals surface area contributed by atoms with Crippen LogP contribution in [0.5, 0.6) is 0 Å². The van der Waals surface area contributed by atoms with Gasteiger partial charge in [-0.05, 0) is 62.2 Å². The van der Waals surface area contributed by atoms with Crippen molar-refractivity contribution in [2.45, 2.75) is 79.1 Å². The lowest BCUT2D eigenvalue weighted by molar-refractivity contribution is -0.166. The fourth-order valence-electron chi connectivity index (χ4n) is 4.35. The van der Waals surface area contributed by atoms with E-state index in [-0.39, 0.29) is 18.7 Å². The Morgan fingerprint density at radius 2 is 0.957 bits per heavy atom. The summed E-state index contributed by atoms with van der Waals surface area (Å²) >= 11 is 0. The average molecular weight is 326 g/mol. The molecule has 0 atom stereocenters. The van der Waals surface area contributed by atoms with Crippen LogP contribution in [0.25, 0.3) is 0 Å². The number of hydrogen-bond acceptors (Lipinski definition) is 4. The van der Waals surface area contributed by atoms with Crippen LogP contribution in [0.1, 0.15) is 79.1 Å².